The Hall–Kier alpha value is -0.620. The molecule has 1 saturated carbocycles. The van der Waals surface area contributed by atoms with Crippen molar-refractivity contribution in [2.24, 2.45) is 5.92 Å². The van der Waals surface area contributed by atoms with Crippen LogP contribution in [0.5, 0.6) is 0 Å². The van der Waals surface area contributed by atoms with Crippen molar-refractivity contribution in [2.45, 2.75) is 44.6 Å². The van der Waals surface area contributed by atoms with Gasteiger partial charge in [0.1, 0.15) is 0 Å². The molecule has 2 aliphatic rings. The molecule has 0 radical (unpaired) electrons. The molecule has 0 aromatic carbocycles. The SMILES string of the molecule is CN(C(=O)[C@H]1CCCN(S(C)(=O)=O)C1)C1CCCC1. The maximum absolute atomic E-state index is 12.5. The molecule has 0 bridgehead atoms. The molecule has 1 aliphatic heterocycles. The Labute approximate surface area is 116 Å². The van der Waals surface area contributed by atoms with E-state index in [-0.39, 0.29) is 11.8 Å². The lowest BCUT2D eigenvalue weighted by molar-refractivity contribution is -0.137. The van der Waals surface area contributed by atoms with Crippen molar-refractivity contribution in [3.05, 3.63) is 0 Å². The van der Waals surface area contributed by atoms with Gasteiger partial charge in [-0.25, -0.2) is 12.7 Å². The maximum atomic E-state index is 12.5. The normalized spacial score (nSPS) is 26.5. The summed E-state index contributed by atoms with van der Waals surface area (Å²) in [6, 6.07) is 0.362. The van der Waals surface area contributed by atoms with E-state index in [1.54, 1.807) is 0 Å². The maximum Gasteiger partial charge on any atom is 0.227 e. The first-order chi connectivity index (χ1) is 8.89. The smallest absolute Gasteiger partial charge is 0.227 e. The minimum atomic E-state index is -3.17. The average Bonchev–Trinajstić information content (AvgIpc) is 2.90. The Kier molecular flexibility index (Phi) is 4.50. The fourth-order valence-corrected chi connectivity index (χ4v) is 4.12. The number of nitrogens with zero attached hydrogens (tertiary/aromatic N) is 2. The van der Waals surface area contributed by atoms with Crippen LogP contribution < -0.4 is 0 Å². The second-order valence-electron chi connectivity index (χ2n) is 5.85. The Morgan fingerprint density at radius 1 is 1.16 bits per heavy atom. The molecule has 110 valence electrons. The van der Waals surface area contributed by atoms with E-state index < -0.39 is 10.0 Å². The number of carbonyl (C=O) groups excluding carboxylic acids is 1. The number of hydrogen-bond acceptors (Lipinski definition) is 3. The molecule has 1 saturated heterocycles. The molecular weight excluding hydrogens is 264 g/mol. The van der Waals surface area contributed by atoms with Crippen LogP contribution in [0.25, 0.3) is 0 Å². The lowest BCUT2D eigenvalue weighted by atomic mass is 9.97. The zero-order chi connectivity index (χ0) is 14.0. The van der Waals surface area contributed by atoms with Gasteiger partial charge in [-0.05, 0) is 25.7 Å². The second kappa shape index (κ2) is 5.79. The van der Waals surface area contributed by atoms with E-state index in [0.29, 0.717) is 19.1 Å². The first-order valence-electron chi connectivity index (χ1n) is 7.11. The summed E-state index contributed by atoms with van der Waals surface area (Å²) in [6.45, 7) is 0.907. The summed E-state index contributed by atoms with van der Waals surface area (Å²) in [6.07, 6.45) is 7.38. The summed E-state index contributed by atoms with van der Waals surface area (Å²) in [5.74, 6) is -0.0330. The summed E-state index contributed by atoms with van der Waals surface area (Å²) in [5.41, 5.74) is 0. The Morgan fingerprint density at radius 2 is 1.79 bits per heavy atom. The summed E-state index contributed by atoms with van der Waals surface area (Å²) in [7, 11) is -1.30. The van der Waals surface area contributed by atoms with E-state index in [4.69, 9.17) is 0 Å². The molecule has 2 fully saturated rings. The molecule has 1 amide bonds. The quantitative estimate of drug-likeness (QED) is 0.780. The summed E-state index contributed by atoms with van der Waals surface area (Å²) in [5, 5.41) is 0. The van der Waals surface area contributed by atoms with Gasteiger partial charge in [0.05, 0.1) is 12.2 Å². The standard InChI is InChI=1S/C13H24N2O3S/c1-14(12-7-3-4-8-12)13(16)11-6-5-9-15(10-11)19(2,17)18/h11-12H,3-10H2,1-2H3/t11-/m0/s1. The fraction of sp³-hybridized carbons (Fsp3) is 0.923. The van der Waals surface area contributed by atoms with E-state index in [1.165, 1.54) is 23.4 Å². The lowest BCUT2D eigenvalue weighted by Gasteiger charge is -2.34. The molecule has 0 aromatic heterocycles. The fourth-order valence-electron chi connectivity index (χ4n) is 3.20. The summed E-state index contributed by atoms with van der Waals surface area (Å²) < 4.78 is 24.6. The topological polar surface area (TPSA) is 57.7 Å². The molecule has 5 nitrogen and oxygen atoms in total. The summed E-state index contributed by atoms with van der Waals surface area (Å²) >= 11 is 0. The van der Waals surface area contributed by atoms with Crippen molar-refractivity contribution in [3.8, 4) is 0 Å². The number of amides is 1. The van der Waals surface area contributed by atoms with Crippen LogP contribution in [0.2, 0.25) is 0 Å². The monoisotopic (exact) mass is 288 g/mol. The van der Waals surface area contributed by atoms with Crippen LogP contribution >= 0.6 is 0 Å². The molecule has 1 aliphatic carbocycles. The highest BCUT2D eigenvalue weighted by molar-refractivity contribution is 7.88. The first-order valence-corrected chi connectivity index (χ1v) is 8.96. The highest BCUT2D eigenvalue weighted by atomic mass is 32.2. The zero-order valence-corrected chi connectivity index (χ0v) is 12.7. The Balaban J connectivity index is 1.98. The van der Waals surface area contributed by atoms with E-state index in [2.05, 4.69) is 0 Å². The van der Waals surface area contributed by atoms with E-state index in [1.807, 2.05) is 11.9 Å². The highest BCUT2D eigenvalue weighted by Gasteiger charge is 2.34. The van der Waals surface area contributed by atoms with Crippen molar-refractivity contribution in [2.75, 3.05) is 26.4 Å². The predicted molar refractivity (Wildman–Crippen MR) is 74.2 cm³/mol. The number of sulfonamides is 1. The zero-order valence-electron chi connectivity index (χ0n) is 11.8. The minimum Gasteiger partial charge on any atom is -0.342 e. The lowest BCUT2D eigenvalue weighted by Crippen LogP contribution is -2.47. The van der Waals surface area contributed by atoms with E-state index in [9.17, 15) is 13.2 Å². The van der Waals surface area contributed by atoms with Gasteiger partial charge in [-0.1, -0.05) is 12.8 Å². The first kappa shape index (κ1) is 14.8. The number of hydrogen-bond donors (Lipinski definition) is 0. The van der Waals surface area contributed by atoms with Gasteiger partial charge < -0.3 is 4.90 Å². The van der Waals surface area contributed by atoms with Crippen molar-refractivity contribution >= 4 is 15.9 Å². The largest absolute Gasteiger partial charge is 0.342 e. The van der Waals surface area contributed by atoms with Crippen LogP contribution in [0.4, 0.5) is 0 Å². The Morgan fingerprint density at radius 3 is 2.37 bits per heavy atom. The molecule has 19 heavy (non-hydrogen) atoms. The van der Waals surface area contributed by atoms with E-state index in [0.717, 1.165) is 25.7 Å². The van der Waals surface area contributed by atoms with Gasteiger partial charge in [-0.2, -0.15) is 0 Å². The third-order valence-electron chi connectivity index (χ3n) is 4.42. The van der Waals surface area contributed by atoms with Crippen molar-refractivity contribution in [3.63, 3.8) is 0 Å². The molecule has 2 rings (SSSR count). The molecule has 0 unspecified atom stereocenters. The molecule has 0 spiro atoms. The predicted octanol–water partition coefficient (Wildman–Crippen LogP) is 1.06. The van der Waals surface area contributed by atoms with Crippen LogP contribution in [-0.4, -0.2) is 56.0 Å². The molecule has 1 atom stereocenters. The van der Waals surface area contributed by atoms with Gasteiger partial charge in [0.25, 0.3) is 0 Å². The molecular formula is C13H24N2O3S. The number of piperidine rings is 1. The van der Waals surface area contributed by atoms with Gasteiger partial charge in [-0.3, -0.25) is 4.79 Å². The van der Waals surface area contributed by atoms with Gasteiger partial charge in [0, 0.05) is 26.2 Å². The molecule has 6 heteroatoms. The van der Waals surface area contributed by atoms with Crippen molar-refractivity contribution in [1.82, 2.24) is 9.21 Å². The van der Waals surface area contributed by atoms with Gasteiger partial charge in [0.15, 0.2) is 0 Å². The van der Waals surface area contributed by atoms with Crippen LogP contribution in [0.15, 0.2) is 0 Å². The third kappa shape index (κ3) is 3.48. The van der Waals surface area contributed by atoms with Crippen LogP contribution in [-0.2, 0) is 14.8 Å². The van der Waals surface area contributed by atoms with Gasteiger partial charge >= 0.3 is 0 Å². The second-order valence-corrected chi connectivity index (χ2v) is 7.83. The minimum absolute atomic E-state index is 0.125. The third-order valence-corrected chi connectivity index (χ3v) is 5.69. The average molecular weight is 288 g/mol. The van der Waals surface area contributed by atoms with Crippen LogP contribution in [0.3, 0.4) is 0 Å². The van der Waals surface area contributed by atoms with Gasteiger partial charge in [-0.15, -0.1) is 0 Å². The Bertz CT molecular complexity index is 429. The molecule has 0 N–H and O–H groups in total. The van der Waals surface area contributed by atoms with Gasteiger partial charge in [0.2, 0.25) is 15.9 Å². The van der Waals surface area contributed by atoms with Crippen molar-refractivity contribution < 1.29 is 13.2 Å². The van der Waals surface area contributed by atoms with Crippen molar-refractivity contribution in [1.29, 1.82) is 0 Å². The van der Waals surface area contributed by atoms with E-state index >= 15 is 0 Å². The molecule has 1 heterocycles. The summed E-state index contributed by atoms with van der Waals surface area (Å²) in [4.78, 5) is 14.3. The molecule has 0 aromatic rings. The van der Waals surface area contributed by atoms with Crippen LogP contribution in [0.1, 0.15) is 38.5 Å². The highest BCUT2D eigenvalue weighted by Crippen LogP contribution is 2.26. The number of rotatable bonds is 3. The number of carbonyl (C=O) groups is 1. The van der Waals surface area contributed by atoms with Crippen LogP contribution in [0, 0.1) is 5.92 Å².